The highest BCUT2D eigenvalue weighted by Gasteiger charge is 2.16. The van der Waals surface area contributed by atoms with Crippen LogP contribution in [0.3, 0.4) is 0 Å². The monoisotopic (exact) mass is 366 g/mol. The molecule has 0 aliphatic rings. The van der Waals surface area contributed by atoms with E-state index in [1.807, 2.05) is 60.0 Å². The molecule has 2 aromatic carbocycles. The van der Waals surface area contributed by atoms with Crippen LogP contribution in [0.25, 0.3) is 0 Å². The van der Waals surface area contributed by atoms with E-state index in [4.69, 9.17) is 4.74 Å². The molecule has 26 heavy (non-hydrogen) atoms. The van der Waals surface area contributed by atoms with E-state index >= 15 is 0 Å². The Morgan fingerprint density at radius 1 is 1.04 bits per heavy atom. The van der Waals surface area contributed by atoms with Crippen molar-refractivity contribution >= 4 is 22.9 Å². The SMILES string of the molecule is COc1ccccc1NCC(Cc1ccccc1)NC(=O)c1cccs1. The number of methoxy groups -OCH3 is 1. The number of ether oxygens (including phenoxy) is 1. The number of carbonyl (C=O) groups excluding carboxylic acids is 1. The lowest BCUT2D eigenvalue weighted by Gasteiger charge is -2.21. The molecule has 1 aromatic heterocycles. The number of benzene rings is 2. The molecule has 0 fully saturated rings. The highest BCUT2D eigenvalue weighted by Crippen LogP contribution is 2.23. The second kappa shape index (κ2) is 9.06. The molecule has 1 heterocycles. The van der Waals surface area contributed by atoms with Crippen LogP contribution in [0, 0.1) is 0 Å². The van der Waals surface area contributed by atoms with E-state index < -0.39 is 0 Å². The summed E-state index contributed by atoms with van der Waals surface area (Å²) in [4.78, 5) is 13.2. The number of hydrogen-bond acceptors (Lipinski definition) is 4. The smallest absolute Gasteiger partial charge is 0.261 e. The number of amides is 1. The molecule has 0 saturated carbocycles. The summed E-state index contributed by atoms with van der Waals surface area (Å²) in [5.74, 6) is 0.748. The molecule has 5 heteroatoms. The van der Waals surface area contributed by atoms with Crippen LogP contribution in [0.1, 0.15) is 15.2 Å². The molecule has 1 unspecified atom stereocenters. The van der Waals surface area contributed by atoms with E-state index in [2.05, 4.69) is 22.8 Å². The average molecular weight is 366 g/mol. The van der Waals surface area contributed by atoms with Crippen LogP contribution in [0.5, 0.6) is 5.75 Å². The average Bonchev–Trinajstić information content (AvgIpc) is 3.22. The van der Waals surface area contributed by atoms with Gasteiger partial charge in [-0.2, -0.15) is 0 Å². The highest BCUT2D eigenvalue weighted by atomic mass is 32.1. The number of carbonyl (C=O) groups is 1. The van der Waals surface area contributed by atoms with Gasteiger partial charge >= 0.3 is 0 Å². The standard InChI is InChI=1S/C21H22N2O2S/c1-25-19-11-6-5-10-18(19)22-15-17(14-16-8-3-2-4-9-16)23-21(24)20-12-7-13-26-20/h2-13,17,22H,14-15H2,1H3,(H,23,24). The first-order valence-corrected chi connectivity index (χ1v) is 9.39. The first kappa shape index (κ1) is 18.0. The van der Waals surface area contributed by atoms with Crippen molar-refractivity contribution in [3.63, 3.8) is 0 Å². The van der Waals surface area contributed by atoms with Crippen molar-refractivity contribution in [2.24, 2.45) is 0 Å². The molecular weight excluding hydrogens is 344 g/mol. The van der Waals surface area contributed by atoms with Crippen molar-refractivity contribution in [3.05, 3.63) is 82.6 Å². The summed E-state index contributed by atoms with van der Waals surface area (Å²) in [5.41, 5.74) is 2.10. The summed E-state index contributed by atoms with van der Waals surface area (Å²) in [7, 11) is 1.65. The summed E-state index contributed by atoms with van der Waals surface area (Å²) in [6.07, 6.45) is 0.750. The normalized spacial score (nSPS) is 11.6. The number of hydrogen-bond donors (Lipinski definition) is 2. The molecule has 0 spiro atoms. The van der Waals surface area contributed by atoms with Crippen molar-refractivity contribution < 1.29 is 9.53 Å². The van der Waals surface area contributed by atoms with Gasteiger partial charge in [0.25, 0.3) is 5.91 Å². The second-order valence-electron chi connectivity index (χ2n) is 5.92. The molecule has 134 valence electrons. The van der Waals surface area contributed by atoms with Gasteiger partial charge in [-0.05, 0) is 35.6 Å². The minimum Gasteiger partial charge on any atom is -0.495 e. The summed E-state index contributed by atoms with van der Waals surface area (Å²) in [6, 6.07) is 21.6. The minimum absolute atomic E-state index is 0.0391. The summed E-state index contributed by atoms with van der Waals surface area (Å²) in [6.45, 7) is 0.604. The molecule has 4 nitrogen and oxygen atoms in total. The first-order chi connectivity index (χ1) is 12.8. The summed E-state index contributed by atoms with van der Waals surface area (Å²) < 4.78 is 5.39. The zero-order valence-corrected chi connectivity index (χ0v) is 15.5. The fraction of sp³-hybridized carbons (Fsp3) is 0.190. The molecule has 1 amide bonds. The van der Waals surface area contributed by atoms with Gasteiger partial charge in [0.05, 0.1) is 23.7 Å². The van der Waals surface area contributed by atoms with Gasteiger partial charge in [-0.1, -0.05) is 48.5 Å². The molecular formula is C21H22N2O2S. The van der Waals surface area contributed by atoms with Crippen LogP contribution in [-0.2, 0) is 6.42 Å². The lowest BCUT2D eigenvalue weighted by molar-refractivity contribution is 0.0943. The molecule has 0 bridgehead atoms. The Balaban J connectivity index is 1.70. The van der Waals surface area contributed by atoms with Crippen LogP contribution in [0.4, 0.5) is 5.69 Å². The molecule has 0 radical (unpaired) electrons. The van der Waals surface area contributed by atoms with Crippen molar-refractivity contribution in [3.8, 4) is 5.75 Å². The number of para-hydroxylation sites is 2. The third kappa shape index (κ3) is 4.86. The lowest BCUT2D eigenvalue weighted by Crippen LogP contribution is -2.41. The van der Waals surface area contributed by atoms with Gasteiger partial charge in [0.15, 0.2) is 0 Å². The predicted molar refractivity (Wildman–Crippen MR) is 107 cm³/mol. The van der Waals surface area contributed by atoms with E-state index in [1.165, 1.54) is 16.9 Å². The molecule has 3 aromatic rings. The summed E-state index contributed by atoms with van der Waals surface area (Å²) in [5, 5.41) is 8.45. The molecule has 0 aliphatic carbocycles. The minimum atomic E-state index is -0.0445. The number of anilines is 1. The van der Waals surface area contributed by atoms with Crippen molar-refractivity contribution in [2.75, 3.05) is 19.0 Å². The Labute approximate surface area is 157 Å². The lowest BCUT2D eigenvalue weighted by atomic mass is 10.1. The molecule has 0 saturated heterocycles. The Morgan fingerprint density at radius 3 is 2.54 bits per heavy atom. The van der Waals surface area contributed by atoms with Gasteiger partial charge in [-0.3, -0.25) is 4.79 Å². The van der Waals surface area contributed by atoms with E-state index in [-0.39, 0.29) is 11.9 Å². The predicted octanol–water partition coefficient (Wildman–Crippen LogP) is 4.21. The quantitative estimate of drug-likeness (QED) is 0.628. The fourth-order valence-electron chi connectivity index (χ4n) is 2.76. The van der Waals surface area contributed by atoms with E-state index in [1.54, 1.807) is 7.11 Å². The van der Waals surface area contributed by atoms with Crippen LogP contribution < -0.4 is 15.4 Å². The summed E-state index contributed by atoms with van der Waals surface area (Å²) >= 11 is 1.45. The fourth-order valence-corrected chi connectivity index (χ4v) is 3.39. The maximum absolute atomic E-state index is 12.5. The van der Waals surface area contributed by atoms with E-state index in [0.29, 0.717) is 6.54 Å². The van der Waals surface area contributed by atoms with Crippen molar-refractivity contribution in [1.82, 2.24) is 5.32 Å². The maximum Gasteiger partial charge on any atom is 0.261 e. The number of thiophene rings is 1. The second-order valence-corrected chi connectivity index (χ2v) is 6.87. The first-order valence-electron chi connectivity index (χ1n) is 8.51. The van der Waals surface area contributed by atoms with Crippen LogP contribution in [-0.4, -0.2) is 25.6 Å². The van der Waals surface area contributed by atoms with Gasteiger partial charge < -0.3 is 15.4 Å². The van der Waals surface area contributed by atoms with Crippen LogP contribution in [0.15, 0.2) is 72.1 Å². The Kier molecular flexibility index (Phi) is 6.28. The van der Waals surface area contributed by atoms with Crippen molar-refractivity contribution in [2.45, 2.75) is 12.5 Å². The Morgan fingerprint density at radius 2 is 1.81 bits per heavy atom. The van der Waals surface area contributed by atoms with Gasteiger partial charge in [0.1, 0.15) is 5.75 Å². The molecule has 3 rings (SSSR count). The largest absolute Gasteiger partial charge is 0.495 e. The zero-order valence-electron chi connectivity index (χ0n) is 14.6. The third-order valence-electron chi connectivity index (χ3n) is 4.05. The van der Waals surface area contributed by atoms with Gasteiger partial charge in [-0.15, -0.1) is 11.3 Å². The van der Waals surface area contributed by atoms with E-state index in [9.17, 15) is 4.79 Å². The Hall–Kier alpha value is -2.79. The molecule has 1 atom stereocenters. The van der Waals surface area contributed by atoms with E-state index in [0.717, 1.165) is 22.7 Å². The van der Waals surface area contributed by atoms with Crippen molar-refractivity contribution in [1.29, 1.82) is 0 Å². The Bertz CT molecular complexity index is 819. The highest BCUT2D eigenvalue weighted by molar-refractivity contribution is 7.12. The van der Waals surface area contributed by atoms with Gasteiger partial charge in [0, 0.05) is 6.54 Å². The molecule has 2 N–H and O–H groups in total. The van der Waals surface area contributed by atoms with Crippen LogP contribution >= 0.6 is 11.3 Å². The van der Waals surface area contributed by atoms with Gasteiger partial charge in [-0.25, -0.2) is 0 Å². The number of rotatable bonds is 8. The van der Waals surface area contributed by atoms with Crippen LogP contribution in [0.2, 0.25) is 0 Å². The molecule has 0 aliphatic heterocycles. The van der Waals surface area contributed by atoms with Gasteiger partial charge in [0.2, 0.25) is 0 Å². The zero-order chi connectivity index (χ0) is 18.2. The number of nitrogens with one attached hydrogen (secondary N) is 2. The maximum atomic E-state index is 12.5. The topological polar surface area (TPSA) is 50.4 Å². The third-order valence-corrected chi connectivity index (χ3v) is 4.92.